The van der Waals surface area contributed by atoms with Crippen molar-refractivity contribution in [1.82, 2.24) is 0 Å². The van der Waals surface area contributed by atoms with E-state index in [4.69, 9.17) is 15.6 Å². The van der Waals surface area contributed by atoms with Crippen molar-refractivity contribution < 1.29 is 9.84 Å². The molecule has 0 aromatic carbocycles. The molecule has 3 nitrogen and oxygen atoms in total. The van der Waals surface area contributed by atoms with Gasteiger partial charge < -0.3 is 15.6 Å². The van der Waals surface area contributed by atoms with Crippen LogP contribution in [0.5, 0.6) is 0 Å². The molecule has 0 heterocycles. The third kappa shape index (κ3) is 4.81. The second-order valence-electron chi connectivity index (χ2n) is 5.20. The first kappa shape index (κ1) is 13.9. The number of rotatable bonds is 8. The smallest absolute Gasteiger partial charge is 0.0611 e. The zero-order chi connectivity index (χ0) is 11.9. The normalized spacial score (nSPS) is 21.2. The fraction of sp³-hybridized carbons (Fsp3) is 1.00. The topological polar surface area (TPSA) is 55.5 Å². The number of nitrogens with two attached hydrogens (primary N) is 1. The molecule has 0 saturated heterocycles. The predicted octanol–water partition coefficient (Wildman–Crippen LogP) is 2.07. The van der Waals surface area contributed by atoms with Crippen LogP contribution in [0.4, 0.5) is 0 Å². The van der Waals surface area contributed by atoms with Gasteiger partial charge in [0.2, 0.25) is 0 Å². The number of ether oxygens (including phenoxy) is 1. The highest BCUT2D eigenvalue weighted by Gasteiger charge is 2.20. The van der Waals surface area contributed by atoms with Gasteiger partial charge in [0.25, 0.3) is 0 Å². The average Bonchev–Trinajstić information content (AvgIpc) is 2.81. The molecule has 96 valence electrons. The van der Waals surface area contributed by atoms with Gasteiger partial charge in [-0.05, 0) is 38.0 Å². The zero-order valence-electron chi connectivity index (χ0n) is 10.6. The monoisotopic (exact) mass is 229 g/mol. The van der Waals surface area contributed by atoms with Crippen LogP contribution in [0.2, 0.25) is 0 Å². The van der Waals surface area contributed by atoms with Crippen molar-refractivity contribution in [3.05, 3.63) is 0 Å². The first-order valence-electron chi connectivity index (χ1n) is 6.67. The molecule has 1 atom stereocenters. The van der Waals surface area contributed by atoms with Gasteiger partial charge in [0, 0.05) is 18.8 Å². The van der Waals surface area contributed by atoms with E-state index < -0.39 is 5.54 Å². The summed E-state index contributed by atoms with van der Waals surface area (Å²) >= 11 is 0. The van der Waals surface area contributed by atoms with Crippen molar-refractivity contribution in [2.75, 3.05) is 19.8 Å². The first-order chi connectivity index (χ1) is 7.70. The van der Waals surface area contributed by atoms with Crippen LogP contribution in [0.1, 0.15) is 51.9 Å². The Hall–Kier alpha value is -0.120. The van der Waals surface area contributed by atoms with Gasteiger partial charge in [-0.15, -0.1) is 0 Å². The van der Waals surface area contributed by atoms with Crippen molar-refractivity contribution >= 4 is 0 Å². The van der Waals surface area contributed by atoms with Crippen LogP contribution in [0, 0.1) is 5.92 Å². The molecule has 0 aromatic rings. The fourth-order valence-corrected chi connectivity index (χ4v) is 2.32. The SMILES string of the molecule is CCC(N)(CO)CCCOCC1CCCC1. The summed E-state index contributed by atoms with van der Waals surface area (Å²) in [5.41, 5.74) is 5.60. The Labute approximate surface area is 99.4 Å². The minimum Gasteiger partial charge on any atom is -0.394 e. The summed E-state index contributed by atoms with van der Waals surface area (Å²) in [5, 5.41) is 9.15. The molecule has 0 aliphatic heterocycles. The number of aliphatic hydroxyl groups excluding tert-OH is 1. The standard InChI is InChI=1S/C13H27NO2/c1-2-13(14,11-15)8-5-9-16-10-12-6-3-4-7-12/h12,15H,2-11,14H2,1H3. The molecule has 1 saturated carbocycles. The summed E-state index contributed by atoms with van der Waals surface area (Å²) in [7, 11) is 0. The Morgan fingerprint density at radius 1 is 1.38 bits per heavy atom. The Balaban J connectivity index is 1.98. The van der Waals surface area contributed by atoms with E-state index in [-0.39, 0.29) is 6.61 Å². The number of hydrogen-bond acceptors (Lipinski definition) is 3. The molecule has 1 fully saturated rings. The van der Waals surface area contributed by atoms with E-state index in [2.05, 4.69) is 0 Å². The van der Waals surface area contributed by atoms with Gasteiger partial charge in [-0.3, -0.25) is 0 Å². The van der Waals surface area contributed by atoms with Gasteiger partial charge >= 0.3 is 0 Å². The molecule has 0 spiro atoms. The molecule has 0 amide bonds. The molecule has 1 rings (SSSR count). The van der Waals surface area contributed by atoms with Gasteiger partial charge in [-0.25, -0.2) is 0 Å². The molecule has 1 unspecified atom stereocenters. The highest BCUT2D eigenvalue weighted by Crippen LogP contribution is 2.24. The summed E-state index contributed by atoms with van der Waals surface area (Å²) < 4.78 is 5.66. The highest BCUT2D eigenvalue weighted by atomic mass is 16.5. The number of aliphatic hydroxyl groups is 1. The van der Waals surface area contributed by atoms with Crippen LogP contribution in [0.15, 0.2) is 0 Å². The van der Waals surface area contributed by atoms with Gasteiger partial charge in [-0.2, -0.15) is 0 Å². The summed E-state index contributed by atoms with van der Waals surface area (Å²) in [6.45, 7) is 3.81. The highest BCUT2D eigenvalue weighted by molar-refractivity contribution is 4.81. The molecule has 0 bridgehead atoms. The molecule has 1 aliphatic carbocycles. The van der Waals surface area contributed by atoms with Crippen LogP contribution in [0.3, 0.4) is 0 Å². The van der Waals surface area contributed by atoms with E-state index in [0.717, 1.165) is 38.4 Å². The summed E-state index contributed by atoms with van der Waals surface area (Å²) in [4.78, 5) is 0. The Morgan fingerprint density at radius 3 is 2.62 bits per heavy atom. The van der Waals surface area contributed by atoms with E-state index >= 15 is 0 Å². The van der Waals surface area contributed by atoms with Gasteiger partial charge in [0.05, 0.1) is 6.61 Å². The molecule has 1 aliphatic rings. The Morgan fingerprint density at radius 2 is 2.06 bits per heavy atom. The van der Waals surface area contributed by atoms with E-state index in [1.807, 2.05) is 6.92 Å². The Kier molecular flexibility index (Phi) is 6.32. The van der Waals surface area contributed by atoms with Crippen molar-refractivity contribution in [3.63, 3.8) is 0 Å². The largest absolute Gasteiger partial charge is 0.394 e. The summed E-state index contributed by atoms with van der Waals surface area (Å²) in [6, 6.07) is 0. The molecule has 3 N–H and O–H groups in total. The van der Waals surface area contributed by atoms with E-state index in [0.29, 0.717) is 0 Å². The quantitative estimate of drug-likeness (QED) is 0.626. The number of hydrogen-bond donors (Lipinski definition) is 2. The van der Waals surface area contributed by atoms with Gasteiger partial charge in [-0.1, -0.05) is 19.8 Å². The third-order valence-corrected chi connectivity index (χ3v) is 3.81. The van der Waals surface area contributed by atoms with E-state index in [1.165, 1.54) is 25.7 Å². The van der Waals surface area contributed by atoms with Gasteiger partial charge in [0.15, 0.2) is 0 Å². The van der Waals surface area contributed by atoms with E-state index in [9.17, 15) is 0 Å². The lowest BCUT2D eigenvalue weighted by atomic mass is 9.93. The van der Waals surface area contributed by atoms with E-state index in [1.54, 1.807) is 0 Å². The lowest BCUT2D eigenvalue weighted by Gasteiger charge is -2.25. The third-order valence-electron chi connectivity index (χ3n) is 3.81. The molecule has 0 radical (unpaired) electrons. The molecule has 16 heavy (non-hydrogen) atoms. The maximum atomic E-state index is 9.15. The maximum Gasteiger partial charge on any atom is 0.0611 e. The van der Waals surface area contributed by atoms with Crippen molar-refractivity contribution in [1.29, 1.82) is 0 Å². The van der Waals surface area contributed by atoms with Crippen molar-refractivity contribution in [2.45, 2.75) is 57.4 Å². The first-order valence-corrected chi connectivity index (χ1v) is 6.67. The molecule has 0 aromatic heterocycles. The second-order valence-corrected chi connectivity index (χ2v) is 5.20. The minimum atomic E-state index is -0.392. The van der Waals surface area contributed by atoms with Crippen molar-refractivity contribution in [3.8, 4) is 0 Å². The van der Waals surface area contributed by atoms with Crippen molar-refractivity contribution in [2.24, 2.45) is 11.7 Å². The van der Waals surface area contributed by atoms with Gasteiger partial charge in [0.1, 0.15) is 0 Å². The zero-order valence-corrected chi connectivity index (χ0v) is 10.6. The minimum absolute atomic E-state index is 0.0755. The van der Waals surface area contributed by atoms with Crippen LogP contribution in [-0.4, -0.2) is 30.5 Å². The molecule has 3 heteroatoms. The fourth-order valence-electron chi connectivity index (χ4n) is 2.32. The predicted molar refractivity (Wildman–Crippen MR) is 66.3 cm³/mol. The summed E-state index contributed by atoms with van der Waals surface area (Å²) in [5.74, 6) is 0.798. The average molecular weight is 229 g/mol. The van der Waals surface area contributed by atoms with Crippen LogP contribution >= 0.6 is 0 Å². The second kappa shape index (κ2) is 7.25. The summed E-state index contributed by atoms with van der Waals surface area (Å²) in [6.07, 6.45) is 8.06. The van der Waals surface area contributed by atoms with Crippen LogP contribution in [-0.2, 0) is 4.74 Å². The maximum absolute atomic E-state index is 9.15. The van der Waals surface area contributed by atoms with Crippen LogP contribution in [0.25, 0.3) is 0 Å². The van der Waals surface area contributed by atoms with Crippen LogP contribution < -0.4 is 5.73 Å². The Bertz CT molecular complexity index is 175. The molecular weight excluding hydrogens is 202 g/mol. The lowest BCUT2D eigenvalue weighted by molar-refractivity contribution is 0.0887. The molecular formula is C13H27NO2. The lowest BCUT2D eigenvalue weighted by Crippen LogP contribution is -2.43.